The monoisotopic (exact) mass is 254 g/mol. The van der Waals surface area contributed by atoms with Crippen molar-refractivity contribution in [2.75, 3.05) is 5.73 Å². The van der Waals surface area contributed by atoms with Crippen molar-refractivity contribution in [1.82, 2.24) is 15.2 Å². The number of hydrogen-bond donors (Lipinski definition) is 2. The number of hydrogen-bond acceptors (Lipinski definition) is 4. The second-order valence-corrected chi connectivity index (χ2v) is 4.70. The highest BCUT2D eigenvalue weighted by Crippen LogP contribution is 2.24. The Morgan fingerprint density at radius 3 is 2.94 bits per heavy atom. The zero-order valence-electron chi connectivity index (χ0n) is 8.70. The van der Waals surface area contributed by atoms with Gasteiger partial charge in [0.2, 0.25) is 5.16 Å². The van der Waals surface area contributed by atoms with E-state index in [1.165, 1.54) is 0 Å². The van der Waals surface area contributed by atoms with Crippen molar-refractivity contribution in [3.8, 4) is 0 Å². The molecule has 0 fully saturated rings. The summed E-state index contributed by atoms with van der Waals surface area (Å²) < 4.78 is 0. The first kappa shape index (κ1) is 11.3. The lowest BCUT2D eigenvalue weighted by molar-refractivity contribution is 0.969. The molecule has 0 amide bonds. The minimum Gasteiger partial charge on any atom is -0.398 e. The third-order valence-corrected chi connectivity index (χ3v) is 3.27. The van der Waals surface area contributed by atoms with Crippen molar-refractivity contribution >= 4 is 29.1 Å². The van der Waals surface area contributed by atoms with E-state index in [4.69, 9.17) is 17.3 Å². The van der Waals surface area contributed by atoms with Gasteiger partial charge in [-0.05, 0) is 24.6 Å². The molecule has 3 N–H and O–H groups in total. The van der Waals surface area contributed by atoms with Gasteiger partial charge in [0.25, 0.3) is 0 Å². The van der Waals surface area contributed by atoms with Crippen LogP contribution in [-0.4, -0.2) is 15.2 Å². The van der Waals surface area contributed by atoms with Crippen molar-refractivity contribution in [1.29, 1.82) is 0 Å². The zero-order chi connectivity index (χ0) is 11.5. The van der Waals surface area contributed by atoms with Gasteiger partial charge in [-0.25, -0.2) is 4.98 Å². The molecule has 1 aromatic heterocycles. The Morgan fingerprint density at radius 1 is 1.50 bits per heavy atom. The maximum Gasteiger partial charge on any atom is 0.208 e. The summed E-state index contributed by atoms with van der Waals surface area (Å²) in [4.78, 5) is 4.20. The highest BCUT2D eigenvalue weighted by molar-refractivity contribution is 7.98. The van der Waals surface area contributed by atoms with E-state index in [2.05, 4.69) is 15.2 Å². The van der Waals surface area contributed by atoms with Crippen molar-refractivity contribution in [3.63, 3.8) is 0 Å². The molecule has 0 bridgehead atoms. The number of nitrogens with zero attached hydrogens (tertiary/aromatic N) is 2. The molecular formula is C10H11ClN4S. The van der Waals surface area contributed by atoms with Crippen LogP contribution in [0.3, 0.4) is 0 Å². The molecule has 0 atom stereocenters. The lowest BCUT2D eigenvalue weighted by Crippen LogP contribution is -1.89. The third kappa shape index (κ3) is 2.68. The molecule has 0 aliphatic rings. The number of halogens is 1. The van der Waals surface area contributed by atoms with Crippen molar-refractivity contribution in [3.05, 3.63) is 34.6 Å². The van der Waals surface area contributed by atoms with E-state index in [0.29, 0.717) is 10.7 Å². The van der Waals surface area contributed by atoms with E-state index >= 15 is 0 Å². The van der Waals surface area contributed by atoms with E-state index < -0.39 is 0 Å². The number of H-pyrrole nitrogens is 1. The number of nitrogens with two attached hydrogens (primary N) is 1. The number of nitrogen functional groups attached to an aromatic ring is 1. The van der Waals surface area contributed by atoms with Gasteiger partial charge in [-0.2, -0.15) is 0 Å². The first-order valence-electron chi connectivity index (χ1n) is 4.71. The Bertz CT molecular complexity index is 497. The molecule has 0 saturated carbocycles. The fourth-order valence-electron chi connectivity index (χ4n) is 1.22. The average Bonchev–Trinajstić information content (AvgIpc) is 2.66. The van der Waals surface area contributed by atoms with Crippen molar-refractivity contribution in [2.24, 2.45) is 0 Å². The molecule has 0 aliphatic carbocycles. The van der Waals surface area contributed by atoms with Crippen LogP contribution in [0, 0.1) is 6.92 Å². The minimum atomic E-state index is 0.586. The molecule has 0 radical (unpaired) electrons. The molecule has 0 aliphatic heterocycles. The van der Waals surface area contributed by atoms with Crippen LogP contribution < -0.4 is 5.73 Å². The van der Waals surface area contributed by atoms with Crippen molar-refractivity contribution in [2.45, 2.75) is 17.8 Å². The number of nitrogens with one attached hydrogen (secondary N) is 1. The number of thioether (sulfide) groups is 1. The summed E-state index contributed by atoms with van der Waals surface area (Å²) in [5.74, 6) is 1.59. The van der Waals surface area contributed by atoms with Crippen LogP contribution in [-0.2, 0) is 5.75 Å². The molecule has 0 unspecified atom stereocenters. The highest BCUT2D eigenvalue weighted by atomic mass is 35.5. The number of benzene rings is 1. The summed E-state index contributed by atoms with van der Waals surface area (Å²) in [6.45, 7) is 1.87. The number of rotatable bonds is 3. The van der Waals surface area contributed by atoms with Gasteiger partial charge in [0.1, 0.15) is 5.82 Å². The van der Waals surface area contributed by atoms with Crippen LogP contribution in [0.25, 0.3) is 0 Å². The predicted octanol–water partition coefficient (Wildman–Crippen LogP) is 2.64. The largest absolute Gasteiger partial charge is 0.398 e. The van der Waals surface area contributed by atoms with Crippen molar-refractivity contribution < 1.29 is 0 Å². The molecular weight excluding hydrogens is 244 g/mol. The molecule has 84 valence electrons. The smallest absolute Gasteiger partial charge is 0.208 e. The molecule has 4 nitrogen and oxygen atoms in total. The van der Waals surface area contributed by atoms with Gasteiger partial charge in [0, 0.05) is 5.75 Å². The molecule has 1 heterocycles. The van der Waals surface area contributed by atoms with Gasteiger partial charge < -0.3 is 5.73 Å². The van der Waals surface area contributed by atoms with E-state index in [0.717, 1.165) is 22.3 Å². The molecule has 2 rings (SSSR count). The standard InChI is InChI=1S/C10H11ClN4S/c1-6-13-10(15-14-6)16-5-7-2-3-8(11)9(12)4-7/h2-4H,5,12H2,1H3,(H,13,14,15). The first-order valence-corrected chi connectivity index (χ1v) is 6.07. The molecule has 6 heteroatoms. The van der Waals surface area contributed by atoms with Crippen LogP contribution >= 0.6 is 23.4 Å². The van der Waals surface area contributed by atoms with E-state index in [9.17, 15) is 0 Å². The van der Waals surface area contributed by atoms with Crippen LogP contribution in [0.4, 0.5) is 5.69 Å². The zero-order valence-corrected chi connectivity index (χ0v) is 10.3. The SMILES string of the molecule is Cc1nc(SCc2ccc(Cl)c(N)c2)n[nH]1. The summed E-state index contributed by atoms with van der Waals surface area (Å²) >= 11 is 7.40. The van der Waals surface area contributed by atoms with E-state index in [-0.39, 0.29) is 0 Å². The van der Waals surface area contributed by atoms with Gasteiger partial charge >= 0.3 is 0 Å². The summed E-state index contributed by atoms with van der Waals surface area (Å²) in [6, 6.07) is 5.62. The van der Waals surface area contributed by atoms with Gasteiger partial charge in [0.15, 0.2) is 0 Å². The normalized spacial score (nSPS) is 10.6. The Labute approximate surface area is 103 Å². The number of aromatic nitrogens is 3. The Balaban J connectivity index is 2.02. The van der Waals surface area contributed by atoms with E-state index in [1.807, 2.05) is 19.1 Å². The third-order valence-electron chi connectivity index (χ3n) is 2.01. The van der Waals surface area contributed by atoms with Crippen LogP contribution in [0.5, 0.6) is 0 Å². The Kier molecular flexibility index (Phi) is 3.36. The average molecular weight is 255 g/mol. The lowest BCUT2D eigenvalue weighted by atomic mass is 10.2. The summed E-state index contributed by atoms with van der Waals surface area (Å²) in [5, 5.41) is 8.17. The van der Waals surface area contributed by atoms with E-state index in [1.54, 1.807) is 17.8 Å². The predicted molar refractivity (Wildman–Crippen MR) is 66.5 cm³/mol. The lowest BCUT2D eigenvalue weighted by Gasteiger charge is -2.02. The molecule has 0 saturated heterocycles. The topological polar surface area (TPSA) is 67.6 Å². The molecule has 16 heavy (non-hydrogen) atoms. The van der Waals surface area contributed by atoms with Gasteiger partial charge in [-0.1, -0.05) is 29.4 Å². The number of aromatic amines is 1. The van der Waals surface area contributed by atoms with Gasteiger partial charge in [0.05, 0.1) is 10.7 Å². The second kappa shape index (κ2) is 4.76. The quantitative estimate of drug-likeness (QED) is 0.653. The highest BCUT2D eigenvalue weighted by Gasteiger charge is 2.03. The minimum absolute atomic E-state index is 0.586. The summed E-state index contributed by atoms with van der Waals surface area (Å²) in [5.41, 5.74) is 7.42. The summed E-state index contributed by atoms with van der Waals surface area (Å²) in [6.07, 6.45) is 0. The number of anilines is 1. The fourth-order valence-corrected chi connectivity index (χ4v) is 2.12. The fraction of sp³-hybridized carbons (Fsp3) is 0.200. The maximum atomic E-state index is 5.84. The number of aryl methyl sites for hydroxylation is 1. The Hall–Kier alpha value is -1.20. The van der Waals surface area contributed by atoms with Crippen LogP contribution in [0.2, 0.25) is 5.02 Å². The second-order valence-electron chi connectivity index (χ2n) is 3.35. The summed E-state index contributed by atoms with van der Waals surface area (Å²) in [7, 11) is 0. The Morgan fingerprint density at radius 2 is 2.31 bits per heavy atom. The molecule has 0 spiro atoms. The first-order chi connectivity index (χ1) is 7.65. The van der Waals surface area contributed by atoms with Crippen LogP contribution in [0.1, 0.15) is 11.4 Å². The molecule has 2 aromatic rings. The maximum absolute atomic E-state index is 5.84. The van der Waals surface area contributed by atoms with Crippen LogP contribution in [0.15, 0.2) is 23.4 Å². The van der Waals surface area contributed by atoms with Gasteiger partial charge in [-0.3, -0.25) is 5.10 Å². The van der Waals surface area contributed by atoms with Gasteiger partial charge in [-0.15, -0.1) is 5.10 Å². The molecule has 1 aromatic carbocycles.